The Hall–Kier alpha value is -2.25. The molecule has 2 N–H and O–H groups in total. The first-order valence-electron chi connectivity index (χ1n) is 7.13. The lowest BCUT2D eigenvalue weighted by Crippen LogP contribution is -2.38. The van der Waals surface area contributed by atoms with Crippen LogP contribution >= 0.6 is 0 Å². The summed E-state index contributed by atoms with van der Waals surface area (Å²) in [4.78, 5) is 18.5. The second-order valence-corrected chi connectivity index (χ2v) is 5.30. The summed E-state index contributed by atoms with van der Waals surface area (Å²) in [6.07, 6.45) is 2.05. The van der Waals surface area contributed by atoms with Gasteiger partial charge in [-0.15, -0.1) is 0 Å². The SMILES string of the molecule is CO[C@H]1C[C@@H](CO)N(C(=O)c2cccc(-c3ncn[nH]3)c2)C1. The Morgan fingerprint density at radius 3 is 3.09 bits per heavy atom. The highest BCUT2D eigenvalue weighted by atomic mass is 16.5. The number of hydrogen-bond acceptors (Lipinski definition) is 5. The first-order valence-corrected chi connectivity index (χ1v) is 7.13. The van der Waals surface area contributed by atoms with E-state index in [1.807, 2.05) is 12.1 Å². The highest BCUT2D eigenvalue weighted by Gasteiger charge is 2.35. The maximum atomic E-state index is 12.7. The van der Waals surface area contributed by atoms with Gasteiger partial charge in [0.2, 0.25) is 0 Å². The maximum Gasteiger partial charge on any atom is 0.254 e. The topological polar surface area (TPSA) is 91.3 Å². The zero-order valence-corrected chi connectivity index (χ0v) is 12.3. The second kappa shape index (κ2) is 6.25. The third-order valence-electron chi connectivity index (χ3n) is 3.98. The van der Waals surface area contributed by atoms with Gasteiger partial charge in [-0.3, -0.25) is 9.89 Å². The van der Waals surface area contributed by atoms with Gasteiger partial charge in [0.25, 0.3) is 5.91 Å². The largest absolute Gasteiger partial charge is 0.394 e. The number of nitrogens with zero attached hydrogens (tertiary/aromatic N) is 3. The molecule has 2 heterocycles. The Balaban J connectivity index is 1.84. The smallest absolute Gasteiger partial charge is 0.254 e. The molecule has 1 aromatic heterocycles. The molecule has 0 aliphatic carbocycles. The van der Waals surface area contributed by atoms with Crippen LogP contribution in [-0.4, -0.2) is 63.5 Å². The molecule has 7 heteroatoms. The number of aliphatic hydroxyl groups is 1. The predicted molar refractivity (Wildman–Crippen MR) is 79.1 cm³/mol. The zero-order chi connectivity index (χ0) is 15.5. The summed E-state index contributed by atoms with van der Waals surface area (Å²) in [5.41, 5.74) is 1.36. The van der Waals surface area contributed by atoms with E-state index in [0.717, 1.165) is 5.56 Å². The Morgan fingerprint density at radius 2 is 2.41 bits per heavy atom. The number of methoxy groups -OCH3 is 1. The van der Waals surface area contributed by atoms with E-state index in [4.69, 9.17) is 4.74 Å². The van der Waals surface area contributed by atoms with Gasteiger partial charge in [-0.05, 0) is 18.6 Å². The molecule has 1 fully saturated rings. The Labute approximate surface area is 127 Å². The number of likely N-dealkylation sites (tertiary alicyclic amines) is 1. The molecule has 1 saturated heterocycles. The van der Waals surface area contributed by atoms with E-state index in [9.17, 15) is 9.90 Å². The molecule has 22 heavy (non-hydrogen) atoms. The number of carbonyl (C=O) groups excluding carboxylic acids is 1. The molecule has 0 saturated carbocycles. The van der Waals surface area contributed by atoms with Gasteiger partial charge in [-0.25, -0.2) is 4.98 Å². The molecule has 1 aliphatic rings. The second-order valence-electron chi connectivity index (χ2n) is 5.30. The van der Waals surface area contributed by atoms with Crippen LogP contribution in [-0.2, 0) is 4.74 Å². The van der Waals surface area contributed by atoms with E-state index in [0.29, 0.717) is 24.4 Å². The number of rotatable bonds is 4. The quantitative estimate of drug-likeness (QED) is 0.867. The lowest BCUT2D eigenvalue weighted by molar-refractivity contribution is 0.0648. The lowest BCUT2D eigenvalue weighted by Gasteiger charge is -2.23. The fourth-order valence-electron chi connectivity index (χ4n) is 2.78. The number of ether oxygens (including phenoxy) is 1. The first kappa shape index (κ1) is 14.7. The van der Waals surface area contributed by atoms with Crippen molar-refractivity contribution in [2.75, 3.05) is 20.3 Å². The standard InChI is InChI=1S/C15H18N4O3/c1-22-13-6-12(8-20)19(7-13)15(21)11-4-2-3-10(5-11)14-16-9-17-18-14/h2-5,9,12-13,20H,6-8H2,1H3,(H,16,17,18)/t12-,13-/m0/s1. The van der Waals surface area contributed by atoms with Gasteiger partial charge in [0, 0.05) is 24.8 Å². The third kappa shape index (κ3) is 2.72. The van der Waals surface area contributed by atoms with Crippen LogP contribution in [0.5, 0.6) is 0 Å². The fraction of sp³-hybridized carbons (Fsp3) is 0.400. The van der Waals surface area contributed by atoms with E-state index < -0.39 is 0 Å². The van der Waals surface area contributed by atoms with Crippen LogP contribution < -0.4 is 0 Å². The lowest BCUT2D eigenvalue weighted by atomic mass is 10.1. The van der Waals surface area contributed by atoms with Gasteiger partial charge in [-0.2, -0.15) is 5.10 Å². The van der Waals surface area contributed by atoms with Crippen LogP contribution in [0.2, 0.25) is 0 Å². The van der Waals surface area contributed by atoms with Crippen LogP contribution in [0.25, 0.3) is 11.4 Å². The van der Waals surface area contributed by atoms with Crippen molar-refractivity contribution in [3.8, 4) is 11.4 Å². The molecule has 7 nitrogen and oxygen atoms in total. The number of aromatic nitrogens is 3. The van der Waals surface area contributed by atoms with Gasteiger partial charge in [-0.1, -0.05) is 12.1 Å². The molecule has 0 spiro atoms. The summed E-state index contributed by atoms with van der Waals surface area (Å²) < 4.78 is 5.31. The molecule has 2 atom stereocenters. The van der Waals surface area contributed by atoms with Crippen molar-refractivity contribution in [3.05, 3.63) is 36.2 Å². The third-order valence-corrected chi connectivity index (χ3v) is 3.98. The van der Waals surface area contributed by atoms with Crippen molar-refractivity contribution in [2.24, 2.45) is 0 Å². The highest BCUT2D eigenvalue weighted by molar-refractivity contribution is 5.95. The minimum absolute atomic E-state index is 0.0291. The molecule has 3 rings (SSSR count). The van der Waals surface area contributed by atoms with Crippen molar-refractivity contribution in [1.82, 2.24) is 20.1 Å². The number of carbonyl (C=O) groups is 1. The van der Waals surface area contributed by atoms with Gasteiger partial charge >= 0.3 is 0 Å². The molecular formula is C15H18N4O3. The fourth-order valence-corrected chi connectivity index (χ4v) is 2.78. The molecule has 0 radical (unpaired) electrons. The summed E-state index contributed by atoms with van der Waals surface area (Å²) in [7, 11) is 1.62. The van der Waals surface area contributed by atoms with E-state index in [1.54, 1.807) is 24.1 Å². The van der Waals surface area contributed by atoms with E-state index >= 15 is 0 Å². The Kier molecular flexibility index (Phi) is 4.17. The predicted octanol–water partition coefficient (Wildman–Crippen LogP) is 0.693. The molecule has 1 amide bonds. The Bertz CT molecular complexity index is 644. The number of H-pyrrole nitrogens is 1. The van der Waals surface area contributed by atoms with E-state index in [-0.39, 0.29) is 24.7 Å². The first-order chi connectivity index (χ1) is 10.7. The molecule has 116 valence electrons. The molecule has 1 aliphatic heterocycles. The van der Waals surface area contributed by atoms with Gasteiger partial charge < -0.3 is 14.7 Å². The highest BCUT2D eigenvalue weighted by Crippen LogP contribution is 2.23. The number of aliphatic hydroxyl groups excluding tert-OH is 1. The van der Waals surface area contributed by atoms with Crippen molar-refractivity contribution >= 4 is 5.91 Å². The van der Waals surface area contributed by atoms with Gasteiger partial charge in [0.15, 0.2) is 5.82 Å². The Morgan fingerprint density at radius 1 is 1.55 bits per heavy atom. The average Bonchev–Trinajstić information content (AvgIpc) is 3.23. The minimum atomic E-state index is -0.202. The van der Waals surface area contributed by atoms with Crippen molar-refractivity contribution < 1.29 is 14.6 Å². The molecule has 2 aromatic rings. The zero-order valence-electron chi connectivity index (χ0n) is 12.3. The number of amides is 1. The molecular weight excluding hydrogens is 284 g/mol. The van der Waals surface area contributed by atoms with Crippen molar-refractivity contribution in [2.45, 2.75) is 18.6 Å². The average molecular weight is 302 g/mol. The van der Waals surface area contributed by atoms with Crippen LogP contribution in [0.15, 0.2) is 30.6 Å². The summed E-state index contributed by atoms with van der Waals surface area (Å²) in [5.74, 6) is 0.504. The number of nitrogens with one attached hydrogen (secondary N) is 1. The van der Waals surface area contributed by atoms with Gasteiger partial charge in [0.1, 0.15) is 6.33 Å². The summed E-state index contributed by atoms with van der Waals surface area (Å²) >= 11 is 0. The van der Waals surface area contributed by atoms with Crippen LogP contribution in [0, 0.1) is 0 Å². The number of aromatic amines is 1. The summed E-state index contributed by atoms with van der Waals surface area (Å²) in [6.45, 7) is 0.431. The maximum absolute atomic E-state index is 12.7. The minimum Gasteiger partial charge on any atom is -0.394 e. The molecule has 0 unspecified atom stereocenters. The molecule has 0 bridgehead atoms. The van der Waals surface area contributed by atoms with Crippen molar-refractivity contribution in [1.29, 1.82) is 0 Å². The van der Waals surface area contributed by atoms with Gasteiger partial charge in [0.05, 0.1) is 18.8 Å². The summed E-state index contributed by atoms with van der Waals surface area (Å²) in [6, 6.07) is 7.01. The van der Waals surface area contributed by atoms with E-state index in [2.05, 4.69) is 15.2 Å². The van der Waals surface area contributed by atoms with Crippen LogP contribution in [0.3, 0.4) is 0 Å². The summed E-state index contributed by atoms with van der Waals surface area (Å²) in [5, 5.41) is 16.1. The van der Waals surface area contributed by atoms with Crippen LogP contribution in [0.4, 0.5) is 0 Å². The number of hydrogen-bond donors (Lipinski definition) is 2. The number of benzene rings is 1. The normalized spacial score (nSPS) is 21.3. The monoisotopic (exact) mass is 302 g/mol. The van der Waals surface area contributed by atoms with Crippen molar-refractivity contribution in [3.63, 3.8) is 0 Å². The van der Waals surface area contributed by atoms with Crippen LogP contribution in [0.1, 0.15) is 16.8 Å². The molecule has 1 aromatic carbocycles. The van der Waals surface area contributed by atoms with E-state index in [1.165, 1.54) is 6.33 Å².